The van der Waals surface area contributed by atoms with Crippen molar-refractivity contribution in [1.82, 2.24) is 4.90 Å². The third kappa shape index (κ3) is 2.98. The van der Waals surface area contributed by atoms with E-state index in [2.05, 4.69) is 4.74 Å². The highest BCUT2D eigenvalue weighted by molar-refractivity contribution is 6.01. The normalized spacial score (nSPS) is 15.8. The maximum atomic E-state index is 12.7. The number of ether oxygens (including phenoxy) is 1. The summed E-state index contributed by atoms with van der Waals surface area (Å²) in [5, 5.41) is 0. The summed E-state index contributed by atoms with van der Waals surface area (Å²) in [5.74, 6) is -0.704. The quantitative estimate of drug-likeness (QED) is 0.785. The summed E-state index contributed by atoms with van der Waals surface area (Å²) in [4.78, 5) is 23.6. The number of benzene rings is 1. The second-order valence-electron chi connectivity index (χ2n) is 4.02. The van der Waals surface area contributed by atoms with E-state index >= 15 is 0 Å². The van der Waals surface area contributed by atoms with Gasteiger partial charge in [0, 0.05) is 6.08 Å². The molecule has 1 aromatic rings. The number of halogens is 3. The van der Waals surface area contributed by atoms with Crippen molar-refractivity contribution < 1.29 is 27.5 Å². The van der Waals surface area contributed by atoms with Crippen LogP contribution in [0.1, 0.15) is 11.1 Å². The van der Waals surface area contributed by atoms with E-state index in [-0.39, 0.29) is 18.7 Å². The predicted molar refractivity (Wildman–Crippen MR) is 63.5 cm³/mol. The molecule has 0 atom stereocenters. The Kier molecular flexibility index (Phi) is 3.78. The Balaban J connectivity index is 2.20. The van der Waals surface area contributed by atoms with Crippen molar-refractivity contribution in [3.8, 4) is 0 Å². The molecule has 20 heavy (non-hydrogen) atoms. The van der Waals surface area contributed by atoms with Crippen LogP contribution in [-0.4, -0.2) is 30.1 Å². The van der Waals surface area contributed by atoms with Crippen LogP contribution in [0.3, 0.4) is 0 Å². The Morgan fingerprint density at radius 1 is 1.30 bits per heavy atom. The Morgan fingerprint density at radius 2 is 2.00 bits per heavy atom. The minimum atomic E-state index is -4.50. The van der Waals surface area contributed by atoms with Crippen LogP contribution in [-0.2, 0) is 15.7 Å². The highest BCUT2D eigenvalue weighted by atomic mass is 19.4. The third-order valence-electron chi connectivity index (χ3n) is 2.70. The lowest BCUT2D eigenvalue weighted by atomic mass is 10.1. The van der Waals surface area contributed by atoms with E-state index in [0.29, 0.717) is 0 Å². The molecule has 1 saturated heterocycles. The van der Waals surface area contributed by atoms with Gasteiger partial charge in [-0.1, -0.05) is 18.2 Å². The first kappa shape index (κ1) is 14.1. The van der Waals surface area contributed by atoms with Crippen molar-refractivity contribution in [1.29, 1.82) is 0 Å². The molecule has 0 aromatic heterocycles. The summed E-state index contributed by atoms with van der Waals surface area (Å²) in [7, 11) is 0. The highest BCUT2D eigenvalue weighted by Crippen LogP contribution is 2.32. The fraction of sp³-hybridized carbons (Fsp3) is 0.231. The van der Waals surface area contributed by atoms with E-state index in [4.69, 9.17) is 0 Å². The summed E-state index contributed by atoms with van der Waals surface area (Å²) < 4.78 is 42.8. The third-order valence-corrected chi connectivity index (χ3v) is 2.70. The minimum Gasteiger partial charge on any atom is -0.447 e. The molecule has 0 N–H and O–H groups in total. The number of carbonyl (C=O) groups excluding carboxylic acids is 2. The topological polar surface area (TPSA) is 46.6 Å². The lowest BCUT2D eigenvalue weighted by molar-refractivity contribution is -0.137. The summed E-state index contributed by atoms with van der Waals surface area (Å²) >= 11 is 0. The van der Waals surface area contributed by atoms with Crippen molar-refractivity contribution in [3.63, 3.8) is 0 Å². The molecule has 1 aliphatic heterocycles. The summed E-state index contributed by atoms with van der Waals surface area (Å²) in [6.07, 6.45) is -3.33. The van der Waals surface area contributed by atoms with E-state index in [1.54, 1.807) is 0 Å². The van der Waals surface area contributed by atoms with E-state index in [1.165, 1.54) is 18.2 Å². The van der Waals surface area contributed by atoms with Crippen LogP contribution < -0.4 is 0 Å². The van der Waals surface area contributed by atoms with Crippen molar-refractivity contribution in [3.05, 3.63) is 41.5 Å². The molecular formula is C13H10F3NO3. The zero-order valence-corrected chi connectivity index (χ0v) is 10.2. The van der Waals surface area contributed by atoms with Gasteiger partial charge in [0.1, 0.15) is 6.61 Å². The Labute approximate surface area is 112 Å². The van der Waals surface area contributed by atoms with Crippen LogP contribution in [0.5, 0.6) is 0 Å². The number of nitrogens with zero attached hydrogens (tertiary/aromatic N) is 1. The second-order valence-corrected chi connectivity index (χ2v) is 4.02. The molecule has 0 spiro atoms. The standard InChI is InChI=1S/C13H10F3NO3/c14-13(15,16)10-4-2-1-3-9(10)5-6-11(18)17-7-8-20-12(17)19/h1-6H,7-8H2. The maximum absolute atomic E-state index is 12.7. The van der Waals surface area contributed by atoms with Gasteiger partial charge in [-0.3, -0.25) is 4.79 Å². The summed E-state index contributed by atoms with van der Waals surface area (Å²) in [6.45, 7) is 0.195. The number of alkyl halides is 3. The Morgan fingerprint density at radius 3 is 2.60 bits per heavy atom. The molecule has 0 aliphatic carbocycles. The average molecular weight is 285 g/mol. The SMILES string of the molecule is O=C(C=Cc1ccccc1C(F)(F)F)N1CCOC1=O. The molecule has 1 heterocycles. The van der Waals surface area contributed by atoms with Crippen molar-refractivity contribution in [2.75, 3.05) is 13.2 Å². The van der Waals surface area contributed by atoms with Gasteiger partial charge in [-0.25, -0.2) is 9.69 Å². The van der Waals surface area contributed by atoms with Crippen LogP contribution in [0.25, 0.3) is 6.08 Å². The summed E-state index contributed by atoms with van der Waals surface area (Å²) in [6, 6.07) is 4.87. The molecule has 0 radical (unpaired) electrons. The fourth-order valence-corrected chi connectivity index (χ4v) is 1.75. The van der Waals surface area contributed by atoms with Crippen LogP contribution in [0.4, 0.5) is 18.0 Å². The fourth-order valence-electron chi connectivity index (χ4n) is 1.75. The Hall–Kier alpha value is -2.31. The number of rotatable bonds is 2. The molecule has 0 saturated carbocycles. The molecule has 2 amide bonds. The van der Waals surface area contributed by atoms with Gasteiger partial charge in [0.15, 0.2) is 0 Å². The number of carbonyl (C=O) groups is 2. The monoisotopic (exact) mass is 285 g/mol. The molecular weight excluding hydrogens is 275 g/mol. The van der Waals surface area contributed by atoms with Gasteiger partial charge < -0.3 is 4.74 Å². The largest absolute Gasteiger partial charge is 0.447 e. The zero-order valence-electron chi connectivity index (χ0n) is 10.2. The van der Waals surface area contributed by atoms with Gasteiger partial charge in [0.25, 0.3) is 5.91 Å². The maximum Gasteiger partial charge on any atom is 0.416 e. The van der Waals surface area contributed by atoms with E-state index in [0.717, 1.165) is 23.1 Å². The second kappa shape index (κ2) is 5.36. The van der Waals surface area contributed by atoms with Crippen molar-refractivity contribution in [2.45, 2.75) is 6.18 Å². The number of hydrogen-bond acceptors (Lipinski definition) is 3. The van der Waals surface area contributed by atoms with E-state index < -0.39 is 23.7 Å². The van der Waals surface area contributed by atoms with Gasteiger partial charge in [-0.15, -0.1) is 0 Å². The van der Waals surface area contributed by atoms with Gasteiger partial charge in [-0.05, 0) is 17.7 Å². The Bertz CT molecular complexity index is 566. The molecule has 0 bridgehead atoms. The first-order valence-corrected chi connectivity index (χ1v) is 5.72. The number of hydrogen-bond donors (Lipinski definition) is 0. The molecule has 2 rings (SSSR count). The first-order valence-electron chi connectivity index (χ1n) is 5.72. The van der Waals surface area contributed by atoms with Crippen LogP contribution >= 0.6 is 0 Å². The average Bonchev–Trinajstić information content (AvgIpc) is 2.81. The predicted octanol–water partition coefficient (Wildman–Crippen LogP) is 2.70. The molecule has 106 valence electrons. The lowest BCUT2D eigenvalue weighted by Gasteiger charge is -2.10. The van der Waals surface area contributed by atoms with Crippen molar-refractivity contribution in [2.24, 2.45) is 0 Å². The smallest absolute Gasteiger partial charge is 0.416 e. The lowest BCUT2D eigenvalue weighted by Crippen LogP contribution is -2.29. The zero-order chi connectivity index (χ0) is 14.8. The highest BCUT2D eigenvalue weighted by Gasteiger charge is 2.32. The van der Waals surface area contributed by atoms with Gasteiger partial charge in [0.05, 0.1) is 12.1 Å². The first-order chi connectivity index (χ1) is 9.39. The van der Waals surface area contributed by atoms with Gasteiger partial charge in [0.2, 0.25) is 0 Å². The molecule has 1 fully saturated rings. The minimum absolute atomic E-state index is 0.0948. The van der Waals surface area contributed by atoms with Crippen LogP contribution in [0, 0.1) is 0 Å². The molecule has 1 aliphatic rings. The van der Waals surface area contributed by atoms with Gasteiger partial charge >= 0.3 is 12.3 Å². The number of amides is 2. The van der Waals surface area contributed by atoms with Gasteiger partial charge in [-0.2, -0.15) is 13.2 Å². The molecule has 0 unspecified atom stereocenters. The number of cyclic esters (lactones) is 1. The number of imide groups is 1. The molecule has 1 aromatic carbocycles. The van der Waals surface area contributed by atoms with E-state index in [1.807, 2.05) is 0 Å². The molecule has 7 heteroatoms. The van der Waals surface area contributed by atoms with Crippen LogP contribution in [0.2, 0.25) is 0 Å². The van der Waals surface area contributed by atoms with E-state index in [9.17, 15) is 22.8 Å². The summed E-state index contributed by atoms with van der Waals surface area (Å²) in [5.41, 5.74) is -0.978. The van der Waals surface area contributed by atoms with Crippen molar-refractivity contribution >= 4 is 18.1 Å². The van der Waals surface area contributed by atoms with Crippen LogP contribution in [0.15, 0.2) is 30.3 Å². The molecule has 4 nitrogen and oxygen atoms in total.